The van der Waals surface area contributed by atoms with Crippen molar-refractivity contribution in [1.29, 1.82) is 0 Å². The van der Waals surface area contributed by atoms with Gasteiger partial charge in [0.05, 0.1) is 24.1 Å². The maximum atomic E-state index is 13.2. The van der Waals surface area contributed by atoms with Crippen molar-refractivity contribution in [3.63, 3.8) is 0 Å². The number of nitrogens with zero attached hydrogens (tertiary/aromatic N) is 2. The van der Waals surface area contributed by atoms with Crippen LogP contribution >= 0.6 is 0 Å². The van der Waals surface area contributed by atoms with Gasteiger partial charge in [-0.05, 0) is 50.3 Å². The highest BCUT2D eigenvalue weighted by atomic mass is 16.5. The minimum Gasteiger partial charge on any atom is -0.490 e. The van der Waals surface area contributed by atoms with Crippen LogP contribution in [-0.2, 0) is 14.3 Å². The molecule has 4 rings (SSSR count). The van der Waals surface area contributed by atoms with Crippen molar-refractivity contribution in [2.75, 3.05) is 32.1 Å². The fourth-order valence-electron chi connectivity index (χ4n) is 4.82. The Morgan fingerprint density at radius 2 is 1.94 bits per heavy atom. The van der Waals surface area contributed by atoms with E-state index in [0.29, 0.717) is 36.4 Å². The molecule has 3 atom stereocenters. The molecular formula is C24H33N3O5. The smallest absolute Gasteiger partial charge is 0.257 e. The van der Waals surface area contributed by atoms with Gasteiger partial charge in [-0.3, -0.25) is 14.4 Å². The lowest BCUT2D eigenvalue weighted by atomic mass is 9.94. The summed E-state index contributed by atoms with van der Waals surface area (Å²) in [6.45, 7) is 3.77. The average Bonchev–Trinajstić information content (AvgIpc) is 2.82. The van der Waals surface area contributed by atoms with E-state index in [-0.39, 0.29) is 36.0 Å². The molecule has 2 fully saturated rings. The number of carbonyl (C=O) groups excluding carboxylic acids is 3. The highest BCUT2D eigenvalue weighted by Crippen LogP contribution is 2.32. The molecule has 3 heterocycles. The summed E-state index contributed by atoms with van der Waals surface area (Å²) in [7, 11) is 1.79. The van der Waals surface area contributed by atoms with Gasteiger partial charge in [-0.1, -0.05) is 6.92 Å². The molecule has 1 N–H and O–H groups in total. The fraction of sp³-hybridized carbons (Fsp3) is 0.625. The third-order valence-corrected chi connectivity index (χ3v) is 6.73. The maximum Gasteiger partial charge on any atom is 0.257 e. The standard InChI is InChI=1S/C24H33N3O5/c1-3-22(28)25-16-7-10-20-18(13-16)24(30)26(2)19-9-8-17(32-21(19)15-31-20)14-23(29)27-11-5-4-6-12-27/h7,10,13,17,19,21H,3-6,8-9,11-12,14-15H2,1-2H3,(H,25,28)/t17-,19-,21+/m0/s1. The number of likely N-dealkylation sites (N-methyl/N-ethyl adjacent to an activating group) is 1. The van der Waals surface area contributed by atoms with Gasteiger partial charge in [-0.2, -0.15) is 0 Å². The van der Waals surface area contributed by atoms with Crippen molar-refractivity contribution in [3.8, 4) is 5.75 Å². The maximum absolute atomic E-state index is 13.2. The molecule has 32 heavy (non-hydrogen) atoms. The van der Waals surface area contributed by atoms with Crippen LogP contribution in [0.2, 0.25) is 0 Å². The largest absolute Gasteiger partial charge is 0.490 e. The van der Waals surface area contributed by atoms with Gasteiger partial charge in [0.25, 0.3) is 5.91 Å². The van der Waals surface area contributed by atoms with Crippen LogP contribution in [-0.4, -0.2) is 72.5 Å². The predicted octanol–water partition coefficient (Wildman–Crippen LogP) is 2.82. The quantitative estimate of drug-likeness (QED) is 0.773. The molecule has 0 aromatic heterocycles. The number of fused-ring (bicyclic) bond motifs is 2. The summed E-state index contributed by atoms with van der Waals surface area (Å²) >= 11 is 0. The number of nitrogens with one attached hydrogen (secondary N) is 1. The zero-order valence-corrected chi connectivity index (χ0v) is 19.0. The molecule has 8 nitrogen and oxygen atoms in total. The highest BCUT2D eigenvalue weighted by molar-refractivity contribution is 5.99. The molecule has 174 valence electrons. The van der Waals surface area contributed by atoms with E-state index in [2.05, 4.69) is 5.32 Å². The van der Waals surface area contributed by atoms with Crippen LogP contribution in [0.25, 0.3) is 0 Å². The average molecular weight is 444 g/mol. The third-order valence-electron chi connectivity index (χ3n) is 6.73. The van der Waals surface area contributed by atoms with Gasteiger partial charge in [0.2, 0.25) is 11.8 Å². The lowest BCUT2D eigenvalue weighted by molar-refractivity contribution is -0.143. The molecule has 3 amide bonds. The Hall–Kier alpha value is -2.61. The minimum atomic E-state index is -0.288. The van der Waals surface area contributed by atoms with Crippen LogP contribution in [0, 0.1) is 0 Å². The first-order chi connectivity index (χ1) is 15.5. The van der Waals surface area contributed by atoms with E-state index < -0.39 is 0 Å². The van der Waals surface area contributed by atoms with E-state index in [1.807, 2.05) is 4.90 Å². The molecule has 0 saturated carbocycles. The Bertz CT molecular complexity index is 867. The second-order valence-electron chi connectivity index (χ2n) is 8.93. The van der Waals surface area contributed by atoms with Crippen LogP contribution in [0.15, 0.2) is 18.2 Å². The fourth-order valence-corrected chi connectivity index (χ4v) is 4.82. The second-order valence-corrected chi connectivity index (χ2v) is 8.93. The van der Waals surface area contributed by atoms with Gasteiger partial charge < -0.3 is 24.6 Å². The normalized spacial score (nSPS) is 25.7. The first-order valence-electron chi connectivity index (χ1n) is 11.7. The number of likely N-dealkylation sites (tertiary alicyclic amines) is 1. The Labute approximate surface area is 189 Å². The highest BCUT2D eigenvalue weighted by Gasteiger charge is 2.39. The van der Waals surface area contributed by atoms with E-state index in [9.17, 15) is 14.4 Å². The number of benzene rings is 1. The summed E-state index contributed by atoms with van der Waals surface area (Å²) < 4.78 is 12.3. The van der Waals surface area contributed by atoms with Crippen molar-refractivity contribution in [2.45, 2.75) is 70.1 Å². The Morgan fingerprint density at radius 1 is 1.16 bits per heavy atom. The number of ether oxygens (including phenoxy) is 2. The molecule has 2 saturated heterocycles. The third kappa shape index (κ3) is 4.90. The van der Waals surface area contributed by atoms with Crippen LogP contribution in [0.3, 0.4) is 0 Å². The summed E-state index contributed by atoms with van der Waals surface area (Å²) in [5.74, 6) is 0.374. The SMILES string of the molecule is CCC(=O)Nc1ccc2c(c1)C(=O)N(C)[C@H]1CC[C@@H](CC(=O)N3CCCCC3)O[C@@H]1CO2. The van der Waals surface area contributed by atoms with Gasteiger partial charge >= 0.3 is 0 Å². The lowest BCUT2D eigenvalue weighted by Crippen LogP contribution is -2.54. The second kappa shape index (κ2) is 9.90. The molecular weight excluding hydrogens is 410 g/mol. The summed E-state index contributed by atoms with van der Waals surface area (Å²) in [6, 6.07) is 5.00. The van der Waals surface area contributed by atoms with Gasteiger partial charge in [-0.15, -0.1) is 0 Å². The molecule has 8 heteroatoms. The molecule has 1 aromatic carbocycles. The van der Waals surface area contributed by atoms with Crippen molar-refractivity contribution in [1.82, 2.24) is 9.80 Å². The van der Waals surface area contributed by atoms with Gasteiger partial charge in [0, 0.05) is 32.2 Å². The van der Waals surface area contributed by atoms with Crippen LogP contribution in [0.1, 0.15) is 62.2 Å². The van der Waals surface area contributed by atoms with Crippen molar-refractivity contribution in [3.05, 3.63) is 23.8 Å². The number of hydrogen-bond acceptors (Lipinski definition) is 5. The lowest BCUT2D eigenvalue weighted by Gasteiger charge is -2.42. The van der Waals surface area contributed by atoms with E-state index in [0.717, 1.165) is 38.8 Å². The Morgan fingerprint density at radius 3 is 2.69 bits per heavy atom. The molecule has 0 aliphatic carbocycles. The Balaban J connectivity index is 1.44. The Kier molecular flexibility index (Phi) is 6.98. The van der Waals surface area contributed by atoms with Crippen molar-refractivity contribution in [2.24, 2.45) is 0 Å². The van der Waals surface area contributed by atoms with Crippen molar-refractivity contribution >= 4 is 23.4 Å². The molecule has 3 aliphatic rings. The molecule has 3 aliphatic heterocycles. The van der Waals surface area contributed by atoms with Gasteiger partial charge in [0.1, 0.15) is 18.5 Å². The number of rotatable bonds is 4. The van der Waals surface area contributed by atoms with E-state index in [1.165, 1.54) is 6.42 Å². The number of amides is 3. The minimum absolute atomic E-state index is 0.108. The van der Waals surface area contributed by atoms with Crippen molar-refractivity contribution < 1.29 is 23.9 Å². The first kappa shape index (κ1) is 22.6. The van der Waals surface area contributed by atoms with E-state index in [4.69, 9.17) is 9.47 Å². The number of carbonyl (C=O) groups is 3. The zero-order chi connectivity index (χ0) is 22.7. The molecule has 1 aromatic rings. The van der Waals surface area contributed by atoms with E-state index >= 15 is 0 Å². The number of piperidine rings is 1. The summed E-state index contributed by atoms with van der Waals surface area (Å²) in [4.78, 5) is 41.3. The van der Waals surface area contributed by atoms with Gasteiger partial charge in [-0.25, -0.2) is 0 Å². The zero-order valence-electron chi connectivity index (χ0n) is 19.0. The first-order valence-corrected chi connectivity index (χ1v) is 11.7. The van der Waals surface area contributed by atoms with Gasteiger partial charge in [0.15, 0.2) is 0 Å². The molecule has 0 bridgehead atoms. The van der Waals surface area contributed by atoms with Crippen LogP contribution < -0.4 is 10.1 Å². The van der Waals surface area contributed by atoms with Crippen LogP contribution in [0.4, 0.5) is 5.69 Å². The predicted molar refractivity (Wildman–Crippen MR) is 120 cm³/mol. The number of anilines is 1. The molecule has 0 spiro atoms. The molecule has 0 unspecified atom stereocenters. The monoisotopic (exact) mass is 443 g/mol. The summed E-state index contributed by atoms with van der Waals surface area (Å²) in [5.41, 5.74) is 1.01. The van der Waals surface area contributed by atoms with Crippen LogP contribution in [0.5, 0.6) is 5.75 Å². The summed E-state index contributed by atoms with van der Waals surface area (Å²) in [6.07, 6.45) is 5.15. The summed E-state index contributed by atoms with van der Waals surface area (Å²) in [5, 5.41) is 2.79. The number of hydrogen-bond donors (Lipinski definition) is 1. The molecule has 0 radical (unpaired) electrons. The topological polar surface area (TPSA) is 88.2 Å². The van der Waals surface area contributed by atoms with E-state index in [1.54, 1.807) is 37.1 Å².